The van der Waals surface area contributed by atoms with E-state index in [4.69, 9.17) is 5.73 Å². The van der Waals surface area contributed by atoms with Gasteiger partial charge in [-0.1, -0.05) is 24.8 Å². The molecule has 98 valence electrons. The molecule has 0 spiro atoms. The van der Waals surface area contributed by atoms with Crippen molar-refractivity contribution < 1.29 is 4.79 Å². The van der Waals surface area contributed by atoms with E-state index in [2.05, 4.69) is 31.2 Å². The zero-order chi connectivity index (χ0) is 13.0. The quantitative estimate of drug-likeness (QED) is 0.563. The Balaban J connectivity index is -0.000000244. The summed E-state index contributed by atoms with van der Waals surface area (Å²) in [5.74, 6) is -0.435. The predicted octanol–water partition coefficient (Wildman–Crippen LogP) is 2.32. The van der Waals surface area contributed by atoms with Crippen LogP contribution in [-0.2, 0) is 4.79 Å². The van der Waals surface area contributed by atoms with Gasteiger partial charge in [0, 0.05) is 25.2 Å². The van der Waals surface area contributed by atoms with Gasteiger partial charge in [-0.3, -0.25) is 9.69 Å². The first-order chi connectivity index (χ1) is 7.49. The van der Waals surface area contributed by atoms with Crippen molar-refractivity contribution in [2.24, 2.45) is 5.73 Å². The molecule has 0 fully saturated rings. The van der Waals surface area contributed by atoms with Crippen LogP contribution in [0.15, 0.2) is 50.1 Å². The highest BCUT2D eigenvalue weighted by Crippen LogP contribution is 1.88. The lowest BCUT2D eigenvalue weighted by atomic mass is 10.3. The molecule has 0 radical (unpaired) electrons. The van der Waals surface area contributed by atoms with E-state index in [9.17, 15) is 4.79 Å². The largest absolute Gasteiger partial charge is 0.366 e. The Morgan fingerprint density at radius 2 is 1.35 bits per heavy atom. The summed E-state index contributed by atoms with van der Waals surface area (Å²) in [5.41, 5.74) is 5.09. The Hall–Kier alpha value is -1.32. The molecular weight excluding hydrogens is 236 g/mol. The van der Waals surface area contributed by atoms with E-state index in [1.165, 1.54) is 0 Å². The molecular formula is C13H23ClN2O. The number of primary amides is 1. The Labute approximate surface area is 111 Å². The summed E-state index contributed by atoms with van der Waals surface area (Å²) in [6, 6.07) is 0. The van der Waals surface area contributed by atoms with Crippen LogP contribution in [0, 0.1) is 0 Å². The fourth-order valence-corrected chi connectivity index (χ4v) is 0.771. The van der Waals surface area contributed by atoms with Gasteiger partial charge in [-0.05, 0) is 6.92 Å². The van der Waals surface area contributed by atoms with Crippen LogP contribution in [0.5, 0.6) is 0 Å². The minimum absolute atomic E-state index is 0. The standard InChI is InChI=1S/C9H15N.C4H7NO.ClH/c1-4-7-10(8-5-2)9-6-3;1-3(2)4(5)6;/h4-6H,1-3,7-9H2;1H2,2H3,(H2,5,6);1H. The number of hydrogen-bond acceptors (Lipinski definition) is 2. The van der Waals surface area contributed by atoms with Gasteiger partial charge in [0.25, 0.3) is 0 Å². The Bertz CT molecular complexity index is 226. The third-order valence-electron chi connectivity index (χ3n) is 1.58. The molecule has 1 amide bonds. The summed E-state index contributed by atoms with van der Waals surface area (Å²) < 4.78 is 0. The van der Waals surface area contributed by atoms with Gasteiger partial charge in [-0.2, -0.15) is 0 Å². The van der Waals surface area contributed by atoms with E-state index in [0.717, 1.165) is 19.6 Å². The second kappa shape index (κ2) is 14.7. The Morgan fingerprint density at radius 1 is 1.12 bits per heavy atom. The molecule has 0 aromatic heterocycles. The van der Waals surface area contributed by atoms with Crippen molar-refractivity contribution in [3.05, 3.63) is 50.1 Å². The summed E-state index contributed by atoms with van der Waals surface area (Å²) in [4.78, 5) is 12.0. The molecule has 0 unspecified atom stereocenters. The molecule has 2 N–H and O–H groups in total. The summed E-state index contributed by atoms with van der Waals surface area (Å²) in [6.07, 6.45) is 5.65. The normalized spacial score (nSPS) is 8.12. The maximum atomic E-state index is 9.82. The van der Waals surface area contributed by atoms with E-state index in [-0.39, 0.29) is 12.4 Å². The molecule has 3 nitrogen and oxygen atoms in total. The number of amides is 1. The number of rotatable bonds is 7. The second-order valence-electron chi connectivity index (χ2n) is 3.23. The smallest absolute Gasteiger partial charge is 0.243 e. The summed E-state index contributed by atoms with van der Waals surface area (Å²) >= 11 is 0. The zero-order valence-corrected chi connectivity index (χ0v) is 11.3. The number of nitrogens with zero attached hydrogens (tertiary/aromatic N) is 1. The lowest BCUT2D eigenvalue weighted by molar-refractivity contribution is -0.114. The second-order valence-corrected chi connectivity index (χ2v) is 3.23. The number of halogens is 1. The van der Waals surface area contributed by atoms with Crippen molar-refractivity contribution in [3.8, 4) is 0 Å². The maximum absolute atomic E-state index is 9.82. The topological polar surface area (TPSA) is 46.3 Å². The summed E-state index contributed by atoms with van der Waals surface area (Å²) in [6.45, 7) is 18.5. The van der Waals surface area contributed by atoms with Gasteiger partial charge in [0.2, 0.25) is 5.91 Å². The van der Waals surface area contributed by atoms with E-state index in [1.54, 1.807) is 6.92 Å². The molecule has 17 heavy (non-hydrogen) atoms. The lowest BCUT2D eigenvalue weighted by Crippen LogP contribution is -2.23. The molecule has 0 heterocycles. The Kier molecular flexibility index (Phi) is 18.1. The monoisotopic (exact) mass is 258 g/mol. The van der Waals surface area contributed by atoms with Gasteiger partial charge < -0.3 is 5.73 Å². The van der Waals surface area contributed by atoms with E-state index < -0.39 is 5.91 Å². The van der Waals surface area contributed by atoms with E-state index >= 15 is 0 Å². The molecule has 0 aliphatic heterocycles. The molecule has 0 rings (SSSR count). The highest BCUT2D eigenvalue weighted by molar-refractivity contribution is 5.90. The van der Waals surface area contributed by atoms with Crippen LogP contribution in [0.3, 0.4) is 0 Å². The lowest BCUT2D eigenvalue weighted by Gasteiger charge is -2.15. The number of carbonyl (C=O) groups excluding carboxylic acids is 1. The van der Waals surface area contributed by atoms with Crippen LogP contribution in [0.1, 0.15) is 6.92 Å². The van der Waals surface area contributed by atoms with Crippen molar-refractivity contribution in [2.45, 2.75) is 6.92 Å². The first-order valence-electron chi connectivity index (χ1n) is 4.99. The minimum atomic E-state index is -0.435. The molecule has 0 saturated carbocycles. The highest BCUT2D eigenvalue weighted by Gasteiger charge is 1.94. The molecule has 4 heteroatoms. The zero-order valence-electron chi connectivity index (χ0n) is 10.5. The van der Waals surface area contributed by atoms with Crippen LogP contribution < -0.4 is 5.73 Å². The average molecular weight is 259 g/mol. The third kappa shape index (κ3) is 17.3. The third-order valence-corrected chi connectivity index (χ3v) is 1.58. The molecule has 0 atom stereocenters. The summed E-state index contributed by atoms with van der Waals surface area (Å²) in [5, 5.41) is 0. The average Bonchev–Trinajstić information content (AvgIpc) is 2.19. The highest BCUT2D eigenvalue weighted by atomic mass is 35.5. The minimum Gasteiger partial charge on any atom is -0.366 e. The van der Waals surface area contributed by atoms with E-state index in [0.29, 0.717) is 5.57 Å². The van der Waals surface area contributed by atoms with Crippen molar-refractivity contribution in [1.82, 2.24) is 4.90 Å². The van der Waals surface area contributed by atoms with Crippen LogP contribution in [0.25, 0.3) is 0 Å². The molecule has 0 aromatic carbocycles. The van der Waals surface area contributed by atoms with Gasteiger partial charge in [0.1, 0.15) is 0 Å². The van der Waals surface area contributed by atoms with Crippen LogP contribution >= 0.6 is 12.4 Å². The number of hydrogen-bond donors (Lipinski definition) is 1. The Morgan fingerprint density at radius 3 is 1.47 bits per heavy atom. The van der Waals surface area contributed by atoms with Crippen molar-refractivity contribution in [2.75, 3.05) is 19.6 Å². The van der Waals surface area contributed by atoms with Gasteiger partial charge in [0.15, 0.2) is 0 Å². The van der Waals surface area contributed by atoms with Gasteiger partial charge in [-0.15, -0.1) is 32.1 Å². The van der Waals surface area contributed by atoms with Crippen LogP contribution in [-0.4, -0.2) is 30.4 Å². The molecule has 0 aliphatic carbocycles. The predicted molar refractivity (Wildman–Crippen MR) is 78.3 cm³/mol. The molecule has 0 saturated heterocycles. The fraction of sp³-hybridized carbons (Fsp3) is 0.308. The van der Waals surface area contributed by atoms with Gasteiger partial charge in [-0.25, -0.2) is 0 Å². The van der Waals surface area contributed by atoms with Crippen molar-refractivity contribution in [3.63, 3.8) is 0 Å². The van der Waals surface area contributed by atoms with Crippen LogP contribution in [0.2, 0.25) is 0 Å². The van der Waals surface area contributed by atoms with Crippen LogP contribution in [0.4, 0.5) is 0 Å². The summed E-state index contributed by atoms with van der Waals surface area (Å²) in [7, 11) is 0. The molecule has 0 aliphatic rings. The van der Waals surface area contributed by atoms with Crippen molar-refractivity contribution >= 4 is 18.3 Å². The fourth-order valence-electron chi connectivity index (χ4n) is 0.771. The van der Waals surface area contributed by atoms with Crippen molar-refractivity contribution in [1.29, 1.82) is 0 Å². The molecule has 0 bridgehead atoms. The SMILES string of the molecule is C=C(C)C(N)=O.C=CCN(CC=C)CC=C.Cl. The number of carbonyl (C=O) groups is 1. The van der Waals surface area contributed by atoms with Gasteiger partial charge in [0.05, 0.1) is 0 Å². The van der Waals surface area contributed by atoms with E-state index in [1.807, 2.05) is 18.2 Å². The maximum Gasteiger partial charge on any atom is 0.243 e. The first-order valence-corrected chi connectivity index (χ1v) is 4.99. The number of nitrogens with two attached hydrogens (primary N) is 1. The first kappa shape index (κ1) is 21.0. The van der Waals surface area contributed by atoms with Gasteiger partial charge >= 0.3 is 0 Å². The molecule has 0 aromatic rings.